The first-order chi connectivity index (χ1) is 7.90. The lowest BCUT2D eigenvalue weighted by atomic mass is 10.0. The zero-order valence-electron chi connectivity index (χ0n) is 9.69. The molecule has 0 aliphatic carbocycles. The van der Waals surface area contributed by atoms with Gasteiger partial charge in [0.05, 0.1) is 5.69 Å². The molecule has 1 heterocycles. The highest BCUT2D eigenvalue weighted by atomic mass is 14.7. The molecule has 16 heavy (non-hydrogen) atoms. The second-order valence-corrected chi connectivity index (χ2v) is 4.02. The minimum atomic E-state index is 1.06. The minimum Gasteiger partial charge on any atom is -0.256 e. The zero-order valence-corrected chi connectivity index (χ0v) is 9.69. The third-order valence-corrected chi connectivity index (χ3v) is 2.71. The van der Waals surface area contributed by atoms with Gasteiger partial charge in [-0.3, -0.25) is 4.98 Å². The molecule has 0 aliphatic rings. The fourth-order valence-electron chi connectivity index (χ4n) is 1.80. The summed E-state index contributed by atoms with van der Waals surface area (Å²) in [6, 6.07) is 14.7. The Morgan fingerprint density at radius 1 is 1.06 bits per heavy atom. The first-order valence-electron chi connectivity index (χ1n) is 5.90. The number of benzene rings is 1. The average Bonchev–Trinajstić information content (AvgIpc) is 2.38. The lowest BCUT2D eigenvalue weighted by Gasteiger charge is -2.04. The molecule has 0 amide bonds. The molecule has 0 radical (unpaired) electrons. The van der Waals surface area contributed by atoms with E-state index in [4.69, 9.17) is 0 Å². The zero-order chi connectivity index (χ0) is 11.2. The van der Waals surface area contributed by atoms with Gasteiger partial charge in [-0.05, 0) is 36.6 Å². The van der Waals surface area contributed by atoms with Crippen molar-refractivity contribution in [1.82, 2.24) is 4.98 Å². The molecule has 0 N–H and O–H groups in total. The molecule has 2 aromatic rings. The van der Waals surface area contributed by atoms with Gasteiger partial charge >= 0.3 is 0 Å². The van der Waals surface area contributed by atoms with Crippen molar-refractivity contribution in [2.45, 2.75) is 26.2 Å². The van der Waals surface area contributed by atoms with Crippen molar-refractivity contribution < 1.29 is 0 Å². The van der Waals surface area contributed by atoms with Gasteiger partial charge in [0, 0.05) is 11.8 Å². The molecule has 1 nitrogen and oxygen atoms in total. The van der Waals surface area contributed by atoms with Gasteiger partial charge in [0.15, 0.2) is 0 Å². The van der Waals surface area contributed by atoms with E-state index in [-0.39, 0.29) is 0 Å². The lowest BCUT2D eigenvalue weighted by Crippen LogP contribution is -1.87. The van der Waals surface area contributed by atoms with Crippen molar-refractivity contribution >= 4 is 0 Å². The number of pyridine rings is 1. The summed E-state index contributed by atoms with van der Waals surface area (Å²) in [4.78, 5) is 4.37. The Labute approximate surface area is 97.2 Å². The van der Waals surface area contributed by atoms with Crippen LogP contribution in [0.2, 0.25) is 0 Å². The van der Waals surface area contributed by atoms with Crippen molar-refractivity contribution in [3.63, 3.8) is 0 Å². The SMILES string of the molecule is CCCCc1cccc(-c2ccccn2)c1. The molecular formula is C15H17N. The summed E-state index contributed by atoms with van der Waals surface area (Å²) in [6.07, 6.45) is 5.50. The molecule has 1 aromatic carbocycles. The van der Waals surface area contributed by atoms with Crippen LogP contribution in [-0.4, -0.2) is 4.98 Å². The van der Waals surface area contributed by atoms with E-state index in [1.807, 2.05) is 18.3 Å². The van der Waals surface area contributed by atoms with E-state index in [2.05, 4.69) is 42.2 Å². The summed E-state index contributed by atoms with van der Waals surface area (Å²) in [5.41, 5.74) is 3.68. The summed E-state index contributed by atoms with van der Waals surface area (Å²) in [5, 5.41) is 0. The highest BCUT2D eigenvalue weighted by Gasteiger charge is 1.99. The first-order valence-corrected chi connectivity index (χ1v) is 5.90. The van der Waals surface area contributed by atoms with E-state index < -0.39 is 0 Å². The largest absolute Gasteiger partial charge is 0.256 e. The van der Waals surface area contributed by atoms with E-state index in [0.29, 0.717) is 0 Å². The van der Waals surface area contributed by atoms with Crippen LogP contribution in [0, 0.1) is 0 Å². The van der Waals surface area contributed by atoms with Crippen LogP contribution in [0.5, 0.6) is 0 Å². The number of hydrogen-bond acceptors (Lipinski definition) is 1. The Morgan fingerprint density at radius 2 is 2.00 bits per heavy atom. The number of nitrogens with zero attached hydrogens (tertiary/aromatic N) is 1. The fraction of sp³-hybridized carbons (Fsp3) is 0.267. The third kappa shape index (κ3) is 2.69. The summed E-state index contributed by atoms with van der Waals surface area (Å²) < 4.78 is 0. The number of hydrogen-bond donors (Lipinski definition) is 0. The molecule has 2 rings (SSSR count). The van der Waals surface area contributed by atoms with Crippen LogP contribution in [0.25, 0.3) is 11.3 Å². The number of aryl methyl sites for hydroxylation is 1. The molecule has 0 bridgehead atoms. The van der Waals surface area contributed by atoms with E-state index in [1.54, 1.807) is 0 Å². The molecular weight excluding hydrogens is 194 g/mol. The predicted molar refractivity (Wildman–Crippen MR) is 68.3 cm³/mol. The maximum absolute atomic E-state index is 4.37. The molecule has 0 aliphatic heterocycles. The Hall–Kier alpha value is -1.63. The summed E-state index contributed by atoms with van der Waals surface area (Å²) in [6.45, 7) is 2.22. The van der Waals surface area contributed by atoms with Crippen LogP contribution >= 0.6 is 0 Å². The van der Waals surface area contributed by atoms with Gasteiger partial charge in [0.2, 0.25) is 0 Å². The second kappa shape index (κ2) is 5.45. The molecule has 0 saturated carbocycles. The topological polar surface area (TPSA) is 12.9 Å². The minimum absolute atomic E-state index is 1.06. The van der Waals surface area contributed by atoms with Crippen LogP contribution in [0.1, 0.15) is 25.3 Å². The molecule has 1 aromatic heterocycles. The molecule has 0 fully saturated rings. The quantitative estimate of drug-likeness (QED) is 0.742. The normalized spacial score (nSPS) is 10.3. The lowest BCUT2D eigenvalue weighted by molar-refractivity contribution is 0.795. The van der Waals surface area contributed by atoms with E-state index in [0.717, 1.165) is 12.1 Å². The van der Waals surface area contributed by atoms with E-state index >= 15 is 0 Å². The highest BCUT2D eigenvalue weighted by molar-refractivity contribution is 5.59. The van der Waals surface area contributed by atoms with Crippen molar-refractivity contribution in [1.29, 1.82) is 0 Å². The Kier molecular flexibility index (Phi) is 3.71. The van der Waals surface area contributed by atoms with Crippen LogP contribution in [0.15, 0.2) is 48.7 Å². The van der Waals surface area contributed by atoms with Gasteiger partial charge < -0.3 is 0 Å². The monoisotopic (exact) mass is 211 g/mol. The first kappa shape index (κ1) is 10.9. The van der Waals surface area contributed by atoms with Gasteiger partial charge in [-0.15, -0.1) is 0 Å². The van der Waals surface area contributed by atoms with Crippen molar-refractivity contribution in [2.75, 3.05) is 0 Å². The van der Waals surface area contributed by atoms with Crippen LogP contribution < -0.4 is 0 Å². The van der Waals surface area contributed by atoms with Gasteiger partial charge in [-0.1, -0.05) is 37.6 Å². The summed E-state index contributed by atoms with van der Waals surface area (Å²) in [5.74, 6) is 0. The van der Waals surface area contributed by atoms with E-state index in [1.165, 1.54) is 24.0 Å². The third-order valence-electron chi connectivity index (χ3n) is 2.71. The van der Waals surface area contributed by atoms with Crippen LogP contribution in [-0.2, 0) is 6.42 Å². The number of unbranched alkanes of at least 4 members (excludes halogenated alkanes) is 1. The molecule has 0 saturated heterocycles. The van der Waals surface area contributed by atoms with Gasteiger partial charge in [0.25, 0.3) is 0 Å². The van der Waals surface area contributed by atoms with Crippen LogP contribution in [0.3, 0.4) is 0 Å². The van der Waals surface area contributed by atoms with Crippen molar-refractivity contribution in [3.8, 4) is 11.3 Å². The smallest absolute Gasteiger partial charge is 0.0702 e. The van der Waals surface area contributed by atoms with Gasteiger partial charge in [-0.25, -0.2) is 0 Å². The Morgan fingerprint density at radius 3 is 2.75 bits per heavy atom. The summed E-state index contributed by atoms with van der Waals surface area (Å²) >= 11 is 0. The fourth-order valence-corrected chi connectivity index (χ4v) is 1.80. The van der Waals surface area contributed by atoms with E-state index in [9.17, 15) is 0 Å². The average molecular weight is 211 g/mol. The van der Waals surface area contributed by atoms with Crippen molar-refractivity contribution in [3.05, 3.63) is 54.2 Å². The van der Waals surface area contributed by atoms with Crippen LogP contribution in [0.4, 0.5) is 0 Å². The van der Waals surface area contributed by atoms with Crippen molar-refractivity contribution in [2.24, 2.45) is 0 Å². The highest BCUT2D eigenvalue weighted by Crippen LogP contribution is 2.18. The standard InChI is InChI=1S/C15H17N/c1-2-3-7-13-8-6-9-14(12-13)15-10-4-5-11-16-15/h4-6,8-12H,2-3,7H2,1H3. The molecule has 0 atom stereocenters. The number of aromatic nitrogens is 1. The predicted octanol–water partition coefficient (Wildman–Crippen LogP) is 4.09. The molecule has 82 valence electrons. The number of rotatable bonds is 4. The Bertz CT molecular complexity index is 434. The molecule has 1 heteroatoms. The van der Waals surface area contributed by atoms with Gasteiger partial charge in [0.1, 0.15) is 0 Å². The summed E-state index contributed by atoms with van der Waals surface area (Å²) in [7, 11) is 0. The second-order valence-electron chi connectivity index (χ2n) is 4.02. The Balaban J connectivity index is 2.22. The maximum atomic E-state index is 4.37. The maximum Gasteiger partial charge on any atom is 0.0702 e. The van der Waals surface area contributed by atoms with Gasteiger partial charge in [-0.2, -0.15) is 0 Å². The molecule has 0 unspecified atom stereocenters. The molecule has 0 spiro atoms.